The second-order valence-electron chi connectivity index (χ2n) is 3.79. The van der Waals surface area contributed by atoms with E-state index in [0.717, 1.165) is 37.0 Å². The molecule has 0 unspecified atom stereocenters. The van der Waals surface area contributed by atoms with E-state index in [1.54, 1.807) is 0 Å². The van der Waals surface area contributed by atoms with E-state index >= 15 is 0 Å². The van der Waals surface area contributed by atoms with Crippen LogP contribution in [-0.2, 0) is 0 Å². The van der Waals surface area contributed by atoms with Gasteiger partial charge in [-0.3, -0.25) is 0 Å². The summed E-state index contributed by atoms with van der Waals surface area (Å²) in [6, 6.07) is 1.96. The highest BCUT2D eigenvalue weighted by atomic mass is 15.2. The third-order valence-corrected chi connectivity index (χ3v) is 2.39. The monoisotopic (exact) mass is 223 g/mol. The summed E-state index contributed by atoms with van der Waals surface area (Å²) in [7, 11) is 5.89. The van der Waals surface area contributed by atoms with Gasteiger partial charge >= 0.3 is 0 Å². The van der Waals surface area contributed by atoms with Gasteiger partial charge in [-0.25, -0.2) is 9.97 Å². The average Bonchev–Trinajstić information content (AvgIpc) is 2.28. The third kappa shape index (κ3) is 3.66. The molecule has 0 aliphatic heterocycles. The Morgan fingerprint density at radius 2 is 2.06 bits per heavy atom. The van der Waals surface area contributed by atoms with Gasteiger partial charge in [-0.1, -0.05) is 0 Å². The van der Waals surface area contributed by atoms with Crippen LogP contribution in [0.2, 0.25) is 0 Å². The molecule has 0 bridgehead atoms. The van der Waals surface area contributed by atoms with Crippen LogP contribution in [0.3, 0.4) is 0 Å². The van der Waals surface area contributed by atoms with Gasteiger partial charge in [-0.05, 0) is 26.9 Å². The first-order valence-electron chi connectivity index (χ1n) is 5.56. The molecule has 5 heteroatoms. The Kier molecular flexibility index (Phi) is 4.98. The van der Waals surface area contributed by atoms with Crippen LogP contribution in [0.25, 0.3) is 0 Å². The van der Waals surface area contributed by atoms with Gasteiger partial charge in [0.05, 0.1) is 0 Å². The Labute approximate surface area is 97.3 Å². The fourth-order valence-electron chi connectivity index (χ4n) is 1.48. The zero-order valence-corrected chi connectivity index (χ0v) is 10.5. The summed E-state index contributed by atoms with van der Waals surface area (Å²) in [5.41, 5.74) is 0. The predicted octanol–water partition coefficient (Wildman–Crippen LogP) is 0.872. The smallest absolute Gasteiger partial charge is 0.134 e. The first kappa shape index (κ1) is 12.7. The third-order valence-electron chi connectivity index (χ3n) is 2.39. The van der Waals surface area contributed by atoms with Crippen molar-refractivity contribution in [2.24, 2.45) is 0 Å². The summed E-state index contributed by atoms with van der Waals surface area (Å²) < 4.78 is 0. The van der Waals surface area contributed by atoms with Gasteiger partial charge in [-0.15, -0.1) is 0 Å². The second kappa shape index (κ2) is 6.27. The van der Waals surface area contributed by atoms with Crippen LogP contribution < -0.4 is 15.5 Å². The molecule has 0 spiro atoms. The number of hydrogen-bond donors (Lipinski definition) is 2. The van der Waals surface area contributed by atoms with Crippen LogP contribution >= 0.6 is 0 Å². The minimum atomic E-state index is 0.794. The van der Waals surface area contributed by atoms with E-state index in [4.69, 9.17) is 0 Å². The summed E-state index contributed by atoms with van der Waals surface area (Å²) in [6.07, 6.45) is 1.10. The van der Waals surface area contributed by atoms with Gasteiger partial charge in [-0.2, -0.15) is 0 Å². The lowest BCUT2D eigenvalue weighted by Crippen LogP contribution is -2.23. The SMILES string of the molecule is CNCCCN(C)c1cc(NC)nc(C)n1. The maximum Gasteiger partial charge on any atom is 0.134 e. The van der Waals surface area contributed by atoms with Gasteiger partial charge in [0, 0.05) is 26.7 Å². The standard InChI is InChI=1S/C11H21N5/c1-9-14-10(13-3)8-11(15-9)16(4)7-5-6-12-2/h8,12H,5-7H2,1-4H3,(H,13,14,15). The van der Waals surface area contributed by atoms with E-state index < -0.39 is 0 Å². The molecule has 0 atom stereocenters. The molecule has 0 aliphatic carbocycles. The molecule has 1 aromatic heterocycles. The molecule has 0 aliphatic rings. The number of nitrogens with one attached hydrogen (secondary N) is 2. The second-order valence-corrected chi connectivity index (χ2v) is 3.79. The van der Waals surface area contributed by atoms with Crippen molar-refractivity contribution in [1.29, 1.82) is 0 Å². The van der Waals surface area contributed by atoms with E-state index in [9.17, 15) is 0 Å². The first-order valence-corrected chi connectivity index (χ1v) is 5.56. The molecule has 0 aromatic carbocycles. The Bertz CT molecular complexity index is 326. The van der Waals surface area contributed by atoms with E-state index in [2.05, 4.69) is 32.5 Å². The molecule has 0 amide bonds. The van der Waals surface area contributed by atoms with E-state index in [0.29, 0.717) is 0 Å². The Morgan fingerprint density at radius 1 is 1.31 bits per heavy atom. The molecular weight excluding hydrogens is 202 g/mol. The van der Waals surface area contributed by atoms with Gasteiger partial charge in [0.15, 0.2) is 0 Å². The molecule has 1 heterocycles. The van der Waals surface area contributed by atoms with Gasteiger partial charge in [0.2, 0.25) is 0 Å². The fraction of sp³-hybridized carbons (Fsp3) is 0.636. The van der Waals surface area contributed by atoms with Gasteiger partial charge in [0.1, 0.15) is 17.5 Å². The highest BCUT2D eigenvalue weighted by Crippen LogP contribution is 2.14. The maximum atomic E-state index is 4.41. The summed E-state index contributed by atoms with van der Waals surface area (Å²) in [6.45, 7) is 3.92. The minimum absolute atomic E-state index is 0.794. The molecule has 2 N–H and O–H groups in total. The molecule has 16 heavy (non-hydrogen) atoms. The minimum Gasteiger partial charge on any atom is -0.373 e. The average molecular weight is 223 g/mol. The van der Waals surface area contributed by atoms with Crippen molar-refractivity contribution in [3.8, 4) is 0 Å². The first-order chi connectivity index (χ1) is 7.67. The number of rotatable bonds is 6. The zero-order valence-electron chi connectivity index (χ0n) is 10.5. The predicted molar refractivity (Wildman–Crippen MR) is 68.1 cm³/mol. The van der Waals surface area contributed by atoms with Crippen LogP contribution in [0, 0.1) is 6.92 Å². The lowest BCUT2D eigenvalue weighted by Gasteiger charge is -2.18. The number of hydrogen-bond acceptors (Lipinski definition) is 5. The maximum absolute atomic E-state index is 4.41. The molecule has 0 radical (unpaired) electrons. The Hall–Kier alpha value is -1.36. The van der Waals surface area contributed by atoms with Gasteiger partial charge in [0.25, 0.3) is 0 Å². The normalized spacial score (nSPS) is 10.2. The highest BCUT2D eigenvalue weighted by molar-refractivity contribution is 5.48. The molecule has 90 valence electrons. The summed E-state index contributed by atoms with van der Waals surface area (Å²) in [4.78, 5) is 10.8. The number of aryl methyl sites for hydroxylation is 1. The van der Waals surface area contributed by atoms with Crippen LogP contribution in [0.1, 0.15) is 12.2 Å². The topological polar surface area (TPSA) is 53.1 Å². The molecule has 0 saturated heterocycles. The van der Waals surface area contributed by atoms with Crippen molar-refractivity contribution in [3.63, 3.8) is 0 Å². The van der Waals surface area contributed by atoms with Crippen LogP contribution in [0.5, 0.6) is 0 Å². The fourth-order valence-corrected chi connectivity index (χ4v) is 1.48. The van der Waals surface area contributed by atoms with Crippen molar-refractivity contribution >= 4 is 11.6 Å². The Morgan fingerprint density at radius 3 is 2.69 bits per heavy atom. The highest BCUT2D eigenvalue weighted by Gasteiger charge is 2.05. The molecular formula is C11H21N5. The largest absolute Gasteiger partial charge is 0.373 e. The van der Waals surface area contributed by atoms with Gasteiger partial charge < -0.3 is 15.5 Å². The lowest BCUT2D eigenvalue weighted by atomic mass is 10.3. The molecule has 1 rings (SSSR count). The number of nitrogens with zero attached hydrogens (tertiary/aromatic N) is 3. The van der Waals surface area contributed by atoms with Crippen molar-refractivity contribution in [2.45, 2.75) is 13.3 Å². The summed E-state index contributed by atoms with van der Waals surface area (Å²) in [5, 5.41) is 6.18. The molecule has 1 aromatic rings. The quantitative estimate of drug-likeness (QED) is 0.701. The Balaban J connectivity index is 2.66. The zero-order chi connectivity index (χ0) is 12.0. The van der Waals surface area contributed by atoms with Crippen LogP contribution in [0.15, 0.2) is 6.07 Å². The van der Waals surface area contributed by atoms with E-state index in [1.807, 2.05) is 27.1 Å². The molecule has 5 nitrogen and oxygen atoms in total. The lowest BCUT2D eigenvalue weighted by molar-refractivity contribution is 0.708. The van der Waals surface area contributed by atoms with Crippen molar-refractivity contribution in [2.75, 3.05) is 44.4 Å². The molecule has 0 fully saturated rings. The van der Waals surface area contributed by atoms with E-state index in [1.165, 1.54) is 0 Å². The summed E-state index contributed by atoms with van der Waals surface area (Å²) in [5.74, 6) is 2.62. The van der Waals surface area contributed by atoms with E-state index in [-0.39, 0.29) is 0 Å². The van der Waals surface area contributed by atoms with Crippen LogP contribution in [-0.4, -0.2) is 44.2 Å². The van der Waals surface area contributed by atoms with Crippen molar-refractivity contribution in [3.05, 3.63) is 11.9 Å². The summed E-state index contributed by atoms with van der Waals surface area (Å²) >= 11 is 0. The van der Waals surface area contributed by atoms with Crippen molar-refractivity contribution < 1.29 is 0 Å². The van der Waals surface area contributed by atoms with Crippen LogP contribution in [0.4, 0.5) is 11.6 Å². The number of anilines is 2. The number of aromatic nitrogens is 2. The molecule has 0 saturated carbocycles. The van der Waals surface area contributed by atoms with Crippen molar-refractivity contribution in [1.82, 2.24) is 15.3 Å².